The topological polar surface area (TPSA) is 95.2 Å². The highest BCUT2D eigenvalue weighted by Gasteiger charge is 2.20. The lowest BCUT2D eigenvalue weighted by Crippen LogP contribution is -2.43. The molecule has 0 aliphatic carbocycles. The van der Waals surface area contributed by atoms with Gasteiger partial charge in [-0.15, -0.1) is 0 Å². The molecule has 2 aromatic heterocycles. The van der Waals surface area contributed by atoms with Crippen molar-refractivity contribution in [2.45, 2.75) is 40.3 Å². The van der Waals surface area contributed by atoms with Crippen molar-refractivity contribution < 1.29 is 9.53 Å². The van der Waals surface area contributed by atoms with Gasteiger partial charge in [0.25, 0.3) is 5.56 Å². The molecule has 8 nitrogen and oxygen atoms in total. The molecule has 158 valence electrons. The summed E-state index contributed by atoms with van der Waals surface area (Å²) in [4.78, 5) is 42.7. The second kappa shape index (κ2) is 8.94. The van der Waals surface area contributed by atoms with Crippen LogP contribution in [-0.4, -0.2) is 26.6 Å². The molecule has 0 fully saturated rings. The van der Waals surface area contributed by atoms with Crippen molar-refractivity contribution in [2.24, 2.45) is 7.05 Å². The lowest BCUT2D eigenvalue weighted by molar-refractivity contribution is -0.121. The number of carbonyl (C=O) groups is 1. The first-order valence-electron chi connectivity index (χ1n) is 9.93. The van der Waals surface area contributed by atoms with Crippen molar-refractivity contribution >= 4 is 16.9 Å². The molecule has 1 aromatic carbocycles. The van der Waals surface area contributed by atoms with Crippen LogP contribution in [-0.2, 0) is 31.4 Å². The molecule has 0 bridgehead atoms. The lowest BCUT2D eigenvalue weighted by atomic mass is 10.1. The molecule has 0 spiro atoms. The smallest absolute Gasteiger partial charge is 0.332 e. The quantitative estimate of drug-likeness (QED) is 0.639. The van der Waals surface area contributed by atoms with E-state index in [0.29, 0.717) is 25.3 Å². The number of aromatic nitrogens is 3. The predicted octanol–water partition coefficient (Wildman–Crippen LogP) is 1.68. The van der Waals surface area contributed by atoms with Crippen molar-refractivity contribution in [3.05, 3.63) is 68.0 Å². The second-order valence-electron chi connectivity index (χ2n) is 7.09. The Hall–Kier alpha value is -3.42. The molecule has 3 aromatic rings. The van der Waals surface area contributed by atoms with Crippen LogP contribution < -0.4 is 21.3 Å². The minimum Gasteiger partial charge on any atom is -0.493 e. The van der Waals surface area contributed by atoms with E-state index in [1.54, 1.807) is 6.20 Å². The zero-order valence-electron chi connectivity index (χ0n) is 17.7. The summed E-state index contributed by atoms with van der Waals surface area (Å²) in [7, 11) is 1.53. The summed E-state index contributed by atoms with van der Waals surface area (Å²) in [6, 6.07) is 7.75. The average Bonchev–Trinajstić information content (AvgIpc) is 2.74. The summed E-state index contributed by atoms with van der Waals surface area (Å²) < 4.78 is 7.92. The van der Waals surface area contributed by atoms with Gasteiger partial charge >= 0.3 is 5.69 Å². The van der Waals surface area contributed by atoms with E-state index in [4.69, 9.17) is 4.74 Å². The summed E-state index contributed by atoms with van der Waals surface area (Å²) in [5, 5.41) is 2.97. The van der Waals surface area contributed by atoms with Crippen LogP contribution in [0.5, 0.6) is 5.75 Å². The SMILES string of the molecule is CCOc1c(CC)cnc2c1c(=O)n(CC(=O)NCc1ccc(C)cc1)c(=O)n2C. The van der Waals surface area contributed by atoms with E-state index < -0.39 is 17.2 Å². The number of hydrogen-bond acceptors (Lipinski definition) is 5. The number of hydrogen-bond donors (Lipinski definition) is 1. The molecule has 2 heterocycles. The molecule has 1 amide bonds. The highest BCUT2D eigenvalue weighted by Crippen LogP contribution is 2.25. The van der Waals surface area contributed by atoms with Crippen LogP contribution in [0.3, 0.4) is 0 Å². The summed E-state index contributed by atoms with van der Waals surface area (Å²) >= 11 is 0. The Morgan fingerprint density at radius 2 is 1.87 bits per heavy atom. The molecule has 0 saturated carbocycles. The molecule has 0 unspecified atom stereocenters. The van der Waals surface area contributed by atoms with Crippen molar-refractivity contribution in [2.75, 3.05) is 6.61 Å². The molecule has 8 heteroatoms. The number of aryl methyl sites for hydroxylation is 3. The molecule has 0 aliphatic heterocycles. The van der Waals surface area contributed by atoms with E-state index in [1.807, 2.05) is 45.0 Å². The Kier molecular flexibility index (Phi) is 6.34. The normalized spacial score (nSPS) is 10.9. The monoisotopic (exact) mass is 410 g/mol. The maximum absolute atomic E-state index is 13.2. The lowest BCUT2D eigenvalue weighted by Gasteiger charge is -2.15. The summed E-state index contributed by atoms with van der Waals surface area (Å²) in [6.07, 6.45) is 2.24. The van der Waals surface area contributed by atoms with E-state index >= 15 is 0 Å². The third-order valence-corrected chi connectivity index (χ3v) is 4.96. The largest absolute Gasteiger partial charge is 0.493 e. The maximum atomic E-state index is 13.2. The summed E-state index contributed by atoms with van der Waals surface area (Å²) in [5.74, 6) is -0.00824. The first-order chi connectivity index (χ1) is 14.4. The molecule has 3 rings (SSSR count). The van der Waals surface area contributed by atoms with Crippen LogP contribution in [0, 0.1) is 6.92 Å². The number of nitrogens with zero attached hydrogens (tertiary/aromatic N) is 3. The zero-order chi connectivity index (χ0) is 21.8. The minimum atomic E-state index is -0.600. The van der Waals surface area contributed by atoms with Crippen molar-refractivity contribution in [1.29, 1.82) is 0 Å². The van der Waals surface area contributed by atoms with Crippen LogP contribution in [0.15, 0.2) is 40.1 Å². The van der Waals surface area contributed by atoms with Gasteiger partial charge in [0, 0.05) is 25.4 Å². The molecular weight excluding hydrogens is 384 g/mol. The molecule has 0 saturated heterocycles. The van der Waals surface area contributed by atoms with E-state index in [2.05, 4.69) is 10.3 Å². The van der Waals surface area contributed by atoms with Gasteiger partial charge in [-0.25, -0.2) is 14.3 Å². The van der Waals surface area contributed by atoms with E-state index in [9.17, 15) is 14.4 Å². The summed E-state index contributed by atoms with van der Waals surface area (Å²) in [6.45, 7) is 6.04. The second-order valence-corrected chi connectivity index (χ2v) is 7.09. The fraction of sp³-hybridized carbons (Fsp3) is 0.364. The number of rotatable bonds is 7. The number of carbonyl (C=O) groups excluding carboxylic acids is 1. The standard InChI is InChI=1S/C22H26N4O4/c1-5-16-12-24-20-18(19(16)30-6-2)21(28)26(22(29)25(20)4)13-17(27)23-11-15-9-7-14(3)8-10-15/h7-10,12H,5-6,11,13H2,1-4H3,(H,23,27). The number of amides is 1. The fourth-order valence-corrected chi connectivity index (χ4v) is 3.27. The molecule has 0 atom stereocenters. The van der Waals surface area contributed by atoms with Gasteiger partial charge in [0.1, 0.15) is 17.7 Å². The van der Waals surface area contributed by atoms with Gasteiger partial charge in [-0.2, -0.15) is 0 Å². The Labute approximate surface area is 174 Å². The molecule has 30 heavy (non-hydrogen) atoms. The van der Waals surface area contributed by atoms with E-state index in [-0.39, 0.29) is 17.6 Å². The average molecular weight is 410 g/mol. The van der Waals surface area contributed by atoms with Crippen LogP contribution in [0.2, 0.25) is 0 Å². The number of ether oxygens (including phenoxy) is 1. The number of benzene rings is 1. The number of nitrogens with one attached hydrogen (secondary N) is 1. The molecule has 1 N–H and O–H groups in total. The number of fused-ring (bicyclic) bond motifs is 1. The highest BCUT2D eigenvalue weighted by molar-refractivity contribution is 5.83. The van der Waals surface area contributed by atoms with Gasteiger partial charge < -0.3 is 10.1 Å². The van der Waals surface area contributed by atoms with Gasteiger partial charge in [-0.05, 0) is 25.8 Å². The van der Waals surface area contributed by atoms with Crippen LogP contribution in [0.1, 0.15) is 30.5 Å². The van der Waals surface area contributed by atoms with Crippen molar-refractivity contribution in [3.63, 3.8) is 0 Å². The highest BCUT2D eigenvalue weighted by atomic mass is 16.5. The van der Waals surface area contributed by atoms with Crippen LogP contribution in [0.25, 0.3) is 11.0 Å². The third kappa shape index (κ3) is 4.12. The summed E-state index contributed by atoms with van der Waals surface area (Å²) in [5.41, 5.74) is 1.89. The minimum absolute atomic E-state index is 0.213. The fourth-order valence-electron chi connectivity index (χ4n) is 3.27. The van der Waals surface area contributed by atoms with Gasteiger partial charge in [0.2, 0.25) is 5.91 Å². The van der Waals surface area contributed by atoms with Gasteiger partial charge in [0.05, 0.1) is 6.61 Å². The maximum Gasteiger partial charge on any atom is 0.332 e. The van der Waals surface area contributed by atoms with Gasteiger partial charge in [-0.1, -0.05) is 36.8 Å². The van der Waals surface area contributed by atoms with E-state index in [1.165, 1.54) is 11.6 Å². The molecule has 0 radical (unpaired) electrons. The van der Waals surface area contributed by atoms with Crippen LogP contribution >= 0.6 is 0 Å². The Morgan fingerprint density at radius 3 is 2.50 bits per heavy atom. The van der Waals surface area contributed by atoms with Crippen molar-refractivity contribution in [3.8, 4) is 5.75 Å². The zero-order valence-corrected chi connectivity index (χ0v) is 17.7. The molecule has 0 aliphatic rings. The van der Waals surface area contributed by atoms with E-state index in [0.717, 1.165) is 21.3 Å². The number of pyridine rings is 1. The Balaban J connectivity index is 1.97. The third-order valence-electron chi connectivity index (χ3n) is 4.96. The Bertz CT molecular complexity index is 1190. The van der Waals surface area contributed by atoms with Gasteiger partial charge in [-0.3, -0.25) is 14.2 Å². The van der Waals surface area contributed by atoms with Gasteiger partial charge in [0.15, 0.2) is 5.65 Å². The molecular formula is C22H26N4O4. The van der Waals surface area contributed by atoms with Crippen LogP contribution in [0.4, 0.5) is 0 Å². The first-order valence-corrected chi connectivity index (χ1v) is 9.93. The first kappa shape index (κ1) is 21.3. The Morgan fingerprint density at radius 1 is 1.17 bits per heavy atom. The van der Waals surface area contributed by atoms with Crippen molar-refractivity contribution in [1.82, 2.24) is 19.4 Å². The predicted molar refractivity (Wildman–Crippen MR) is 115 cm³/mol.